The molecule has 3 nitrogen and oxygen atoms in total. The number of methoxy groups -OCH3 is 2. The van der Waals surface area contributed by atoms with Crippen LogP contribution in [0.5, 0.6) is 11.5 Å². The topological polar surface area (TPSA) is 30.5 Å². The fourth-order valence-corrected chi connectivity index (χ4v) is 3.70. The van der Waals surface area contributed by atoms with Gasteiger partial charge in [0, 0.05) is 17.0 Å². The van der Waals surface area contributed by atoms with Crippen molar-refractivity contribution in [2.45, 2.75) is 43.7 Å². The van der Waals surface area contributed by atoms with E-state index >= 15 is 0 Å². The average Bonchev–Trinajstić information content (AvgIpc) is 2.62. The third-order valence-electron chi connectivity index (χ3n) is 3.75. The van der Waals surface area contributed by atoms with E-state index in [1.54, 1.807) is 14.2 Å². The van der Waals surface area contributed by atoms with Crippen LogP contribution < -0.4 is 14.8 Å². The third kappa shape index (κ3) is 3.41. The van der Waals surface area contributed by atoms with Crippen molar-refractivity contribution in [3.8, 4) is 11.5 Å². The fraction of sp³-hybridized carbons (Fsp3) is 0.625. The first-order valence-corrected chi connectivity index (χ1v) is 8.34. The normalized spacial score (nSPS) is 22.0. The SMILES string of the molecule is CCCNC1CC(C)SCc2cc(OC)c(OC)cc21. The van der Waals surface area contributed by atoms with Gasteiger partial charge in [-0.25, -0.2) is 0 Å². The summed E-state index contributed by atoms with van der Waals surface area (Å²) in [6, 6.07) is 4.70. The van der Waals surface area contributed by atoms with Crippen LogP contribution in [0.4, 0.5) is 0 Å². The zero-order chi connectivity index (χ0) is 14.5. The van der Waals surface area contributed by atoms with E-state index in [-0.39, 0.29) is 0 Å². The number of benzene rings is 1. The minimum absolute atomic E-state index is 0.412. The van der Waals surface area contributed by atoms with Crippen molar-refractivity contribution in [3.05, 3.63) is 23.3 Å². The molecule has 0 aliphatic carbocycles. The molecule has 4 heteroatoms. The van der Waals surface area contributed by atoms with E-state index in [0.717, 1.165) is 36.6 Å². The molecule has 2 atom stereocenters. The lowest BCUT2D eigenvalue weighted by molar-refractivity contribution is 0.353. The molecule has 0 fully saturated rings. The van der Waals surface area contributed by atoms with Gasteiger partial charge in [0.2, 0.25) is 0 Å². The standard InChI is InChI=1S/C16H25NO2S/c1-5-6-17-14-7-11(2)20-10-12-8-15(18-3)16(19-4)9-13(12)14/h8-9,11,14,17H,5-7,10H2,1-4H3. The summed E-state index contributed by atoms with van der Waals surface area (Å²) < 4.78 is 10.9. The Morgan fingerprint density at radius 2 is 1.95 bits per heavy atom. The molecule has 0 spiro atoms. The fourth-order valence-electron chi connectivity index (χ4n) is 2.66. The van der Waals surface area contributed by atoms with Crippen molar-refractivity contribution in [2.24, 2.45) is 0 Å². The van der Waals surface area contributed by atoms with Gasteiger partial charge < -0.3 is 14.8 Å². The van der Waals surface area contributed by atoms with Crippen molar-refractivity contribution in [3.63, 3.8) is 0 Å². The minimum Gasteiger partial charge on any atom is -0.493 e. The van der Waals surface area contributed by atoms with Crippen molar-refractivity contribution in [2.75, 3.05) is 20.8 Å². The van der Waals surface area contributed by atoms with Crippen LogP contribution in [0.2, 0.25) is 0 Å². The molecule has 0 saturated carbocycles. The van der Waals surface area contributed by atoms with E-state index in [1.165, 1.54) is 11.1 Å². The van der Waals surface area contributed by atoms with E-state index in [1.807, 2.05) is 11.8 Å². The molecule has 1 heterocycles. The van der Waals surface area contributed by atoms with Gasteiger partial charge in [0.05, 0.1) is 14.2 Å². The summed E-state index contributed by atoms with van der Waals surface area (Å²) in [5.41, 5.74) is 2.73. The molecule has 2 unspecified atom stereocenters. The first-order valence-electron chi connectivity index (χ1n) is 7.29. The van der Waals surface area contributed by atoms with E-state index in [4.69, 9.17) is 9.47 Å². The highest BCUT2D eigenvalue weighted by atomic mass is 32.2. The Morgan fingerprint density at radius 1 is 1.25 bits per heavy atom. The summed E-state index contributed by atoms with van der Waals surface area (Å²) in [4.78, 5) is 0. The Balaban J connectivity index is 2.38. The Labute approximate surface area is 126 Å². The van der Waals surface area contributed by atoms with Gasteiger partial charge in [-0.2, -0.15) is 11.8 Å². The smallest absolute Gasteiger partial charge is 0.161 e. The van der Waals surface area contributed by atoms with Crippen LogP contribution in [-0.2, 0) is 5.75 Å². The molecular weight excluding hydrogens is 270 g/mol. The molecule has 1 N–H and O–H groups in total. The Morgan fingerprint density at radius 3 is 2.60 bits per heavy atom. The molecule has 112 valence electrons. The van der Waals surface area contributed by atoms with Crippen LogP contribution in [0.1, 0.15) is 43.9 Å². The quantitative estimate of drug-likeness (QED) is 0.896. The Hall–Kier alpha value is -0.870. The van der Waals surface area contributed by atoms with E-state index in [0.29, 0.717) is 11.3 Å². The molecule has 20 heavy (non-hydrogen) atoms. The first-order chi connectivity index (χ1) is 9.69. The lowest BCUT2D eigenvalue weighted by atomic mass is 9.96. The number of rotatable bonds is 5. The van der Waals surface area contributed by atoms with Crippen LogP contribution in [0, 0.1) is 0 Å². The van der Waals surface area contributed by atoms with Crippen molar-refractivity contribution >= 4 is 11.8 Å². The molecule has 0 aromatic heterocycles. The zero-order valence-electron chi connectivity index (χ0n) is 12.9. The van der Waals surface area contributed by atoms with E-state index in [2.05, 4.69) is 31.3 Å². The molecule has 1 aromatic rings. The number of hydrogen-bond donors (Lipinski definition) is 1. The maximum absolute atomic E-state index is 5.46. The molecular formula is C16H25NO2S. The summed E-state index contributed by atoms with van der Waals surface area (Å²) >= 11 is 2.02. The third-order valence-corrected chi connectivity index (χ3v) is 4.99. The highest BCUT2D eigenvalue weighted by Crippen LogP contribution is 2.40. The predicted molar refractivity (Wildman–Crippen MR) is 86.0 cm³/mol. The molecule has 0 amide bonds. The lowest BCUT2D eigenvalue weighted by Gasteiger charge is -2.22. The van der Waals surface area contributed by atoms with Crippen molar-refractivity contribution in [1.29, 1.82) is 0 Å². The second kappa shape index (κ2) is 7.23. The van der Waals surface area contributed by atoms with Gasteiger partial charge in [-0.1, -0.05) is 13.8 Å². The summed E-state index contributed by atoms with van der Waals surface area (Å²) in [5.74, 6) is 2.70. The van der Waals surface area contributed by atoms with Crippen LogP contribution in [-0.4, -0.2) is 26.0 Å². The second-order valence-electron chi connectivity index (χ2n) is 5.27. The summed E-state index contributed by atoms with van der Waals surface area (Å²) in [6.07, 6.45) is 2.31. The van der Waals surface area contributed by atoms with Gasteiger partial charge in [-0.15, -0.1) is 0 Å². The summed E-state index contributed by atoms with van der Waals surface area (Å²) in [7, 11) is 3.40. The van der Waals surface area contributed by atoms with Crippen LogP contribution >= 0.6 is 11.8 Å². The number of hydrogen-bond acceptors (Lipinski definition) is 4. The van der Waals surface area contributed by atoms with Gasteiger partial charge >= 0.3 is 0 Å². The molecule has 1 aliphatic rings. The van der Waals surface area contributed by atoms with E-state index < -0.39 is 0 Å². The number of fused-ring (bicyclic) bond motifs is 1. The number of ether oxygens (including phenoxy) is 2. The molecule has 2 rings (SSSR count). The van der Waals surface area contributed by atoms with Crippen LogP contribution in [0.15, 0.2) is 12.1 Å². The summed E-state index contributed by atoms with van der Waals surface area (Å²) in [5, 5.41) is 4.34. The second-order valence-corrected chi connectivity index (χ2v) is 6.70. The van der Waals surface area contributed by atoms with Crippen LogP contribution in [0.3, 0.4) is 0 Å². The molecule has 0 bridgehead atoms. The van der Waals surface area contributed by atoms with Gasteiger partial charge in [-0.3, -0.25) is 0 Å². The average molecular weight is 295 g/mol. The molecule has 0 saturated heterocycles. The largest absolute Gasteiger partial charge is 0.493 e. The van der Waals surface area contributed by atoms with Crippen molar-refractivity contribution < 1.29 is 9.47 Å². The number of thioether (sulfide) groups is 1. The molecule has 1 aromatic carbocycles. The minimum atomic E-state index is 0.412. The monoisotopic (exact) mass is 295 g/mol. The predicted octanol–water partition coefficient (Wildman–Crippen LogP) is 3.77. The lowest BCUT2D eigenvalue weighted by Crippen LogP contribution is -2.24. The van der Waals surface area contributed by atoms with Gasteiger partial charge in [-0.05, 0) is 42.6 Å². The van der Waals surface area contributed by atoms with Gasteiger partial charge in [0.25, 0.3) is 0 Å². The maximum atomic E-state index is 5.46. The van der Waals surface area contributed by atoms with Gasteiger partial charge in [0.15, 0.2) is 11.5 Å². The maximum Gasteiger partial charge on any atom is 0.161 e. The van der Waals surface area contributed by atoms with Crippen LogP contribution in [0.25, 0.3) is 0 Å². The summed E-state index contributed by atoms with van der Waals surface area (Å²) in [6.45, 7) is 5.57. The Kier molecular flexibility index (Phi) is 5.61. The molecule has 1 aliphatic heterocycles. The Bertz CT molecular complexity index is 450. The van der Waals surface area contributed by atoms with E-state index in [9.17, 15) is 0 Å². The zero-order valence-corrected chi connectivity index (χ0v) is 13.7. The number of nitrogens with one attached hydrogen (secondary N) is 1. The highest BCUT2D eigenvalue weighted by molar-refractivity contribution is 7.99. The van der Waals surface area contributed by atoms with Gasteiger partial charge in [0.1, 0.15) is 0 Å². The van der Waals surface area contributed by atoms with Crippen molar-refractivity contribution in [1.82, 2.24) is 5.32 Å². The molecule has 0 radical (unpaired) electrons. The first kappa shape index (κ1) is 15.5. The highest BCUT2D eigenvalue weighted by Gasteiger charge is 2.24.